The SMILES string of the molecule is Nc1ccccc1NCc1cccc(CNc2ccccc2N)c1. The lowest BCUT2D eigenvalue weighted by molar-refractivity contribution is 1.10. The van der Waals surface area contributed by atoms with Crippen LogP contribution >= 0.6 is 0 Å². The van der Waals surface area contributed by atoms with Crippen molar-refractivity contribution in [3.63, 3.8) is 0 Å². The van der Waals surface area contributed by atoms with Gasteiger partial charge < -0.3 is 22.1 Å². The number of nitrogens with one attached hydrogen (secondary N) is 2. The monoisotopic (exact) mass is 318 g/mol. The molecule has 0 saturated carbocycles. The Morgan fingerprint density at radius 3 is 1.50 bits per heavy atom. The van der Waals surface area contributed by atoms with Crippen LogP contribution in [0.3, 0.4) is 0 Å². The second-order valence-corrected chi connectivity index (χ2v) is 5.70. The fraction of sp³-hybridized carbons (Fsp3) is 0.100. The van der Waals surface area contributed by atoms with Gasteiger partial charge in [-0.05, 0) is 35.4 Å². The predicted octanol–water partition coefficient (Wildman–Crippen LogP) is 4.08. The highest BCUT2D eigenvalue weighted by Crippen LogP contribution is 2.19. The van der Waals surface area contributed by atoms with Gasteiger partial charge in [-0.3, -0.25) is 0 Å². The molecule has 0 radical (unpaired) electrons. The molecule has 24 heavy (non-hydrogen) atoms. The third-order valence-corrected chi connectivity index (χ3v) is 3.88. The van der Waals surface area contributed by atoms with Gasteiger partial charge >= 0.3 is 0 Å². The first-order chi connectivity index (χ1) is 11.7. The van der Waals surface area contributed by atoms with Crippen molar-refractivity contribution in [3.05, 3.63) is 83.9 Å². The molecule has 0 amide bonds. The van der Waals surface area contributed by atoms with Crippen LogP contribution in [0.4, 0.5) is 22.7 Å². The van der Waals surface area contributed by atoms with Gasteiger partial charge in [0.2, 0.25) is 0 Å². The summed E-state index contributed by atoms with van der Waals surface area (Å²) in [4.78, 5) is 0. The first-order valence-electron chi connectivity index (χ1n) is 7.97. The van der Waals surface area contributed by atoms with Crippen LogP contribution in [0.5, 0.6) is 0 Å². The van der Waals surface area contributed by atoms with Crippen molar-refractivity contribution in [1.29, 1.82) is 0 Å². The number of anilines is 4. The molecule has 0 atom stereocenters. The van der Waals surface area contributed by atoms with Crippen molar-refractivity contribution >= 4 is 22.7 Å². The van der Waals surface area contributed by atoms with Gasteiger partial charge in [0.15, 0.2) is 0 Å². The molecular weight excluding hydrogens is 296 g/mol. The number of benzene rings is 3. The minimum atomic E-state index is 0.732. The van der Waals surface area contributed by atoms with Crippen molar-refractivity contribution in [2.24, 2.45) is 0 Å². The van der Waals surface area contributed by atoms with Gasteiger partial charge in [-0.1, -0.05) is 48.5 Å². The zero-order valence-electron chi connectivity index (χ0n) is 13.5. The van der Waals surface area contributed by atoms with Crippen LogP contribution in [0, 0.1) is 0 Å². The van der Waals surface area contributed by atoms with Gasteiger partial charge in [-0.2, -0.15) is 0 Å². The molecule has 0 fully saturated rings. The molecule has 0 heterocycles. The van der Waals surface area contributed by atoms with Crippen molar-refractivity contribution in [2.75, 3.05) is 22.1 Å². The minimum absolute atomic E-state index is 0.732. The van der Waals surface area contributed by atoms with E-state index in [1.165, 1.54) is 11.1 Å². The molecule has 4 heteroatoms. The Morgan fingerprint density at radius 2 is 1.04 bits per heavy atom. The van der Waals surface area contributed by atoms with Crippen LogP contribution in [0.25, 0.3) is 0 Å². The lowest BCUT2D eigenvalue weighted by atomic mass is 10.1. The molecule has 0 saturated heterocycles. The van der Waals surface area contributed by atoms with E-state index in [1.54, 1.807) is 0 Å². The zero-order chi connectivity index (χ0) is 16.8. The number of rotatable bonds is 6. The average Bonchev–Trinajstić information content (AvgIpc) is 2.61. The van der Waals surface area contributed by atoms with Crippen molar-refractivity contribution in [2.45, 2.75) is 13.1 Å². The maximum Gasteiger partial charge on any atom is 0.0576 e. The number of hydrogen-bond donors (Lipinski definition) is 4. The topological polar surface area (TPSA) is 76.1 Å². The van der Waals surface area contributed by atoms with E-state index in [9.17, 15) is 0 Å². The van der Waals surface area contributed by atoms with Gasteiger partial charge in [-0.15, -0.1) is 0 Å². The molecule has 0 unspecified atom stereocenters. The minimum Gasteiger partial charge on any atom is -0.397 e. The van der Waals surface area contributed by atoms with Crippen molar-refractivity contribution < 1.29 is 0 Å². The quantitative estimate of drug-likeness (QED) is 0.517. The Balaban J connectivity index is 1.62. The Kier molecular flexibility index (Phi) is 4.87. The average molecular weight is 318 g/mol. The molecule has 0 aliphatic heterocycles. The van der Waals surface area contributed by atoms with E-state index in [2.05, 4.69) is 34.9 Å². The predicted molar refractivity (Wildman–Crippen MR) is 103 cm³/mol. The van der Waals surface area contributed by atoms with Crippen LogP contribution in [-0.2, 0) is 13.1 Å². The molecule has 0 aliphatic carbocycles. The molecule has 3 aromatic rings. The summed E-state index contributed by atoms with van der Waals surface area (Å²) in [7, 11) is 0. The Bertz CT molecular complexity index is 749. The third kappa shape index (κ3) is 3.98. The van der Waals surface area contributed by atoms with E-state index in [0.717, 1.165) is 35.8 Å². The summed E-state index contributed by atoms with van der Waals surface area (Å²) in [6, 6.07) is 24.0. The second-order valence-electron chi connectivity index (χ2n) is 5.70. The molecular formula is C20H22N4. The first kappa shape index (κ1) is 15.7. The summed E-state index contributed by atoms with van der Waals surface area (Å²) < 4.78 is 0. The summed E-state index contributed by atoms with van der Waals surface area (Å²) in [5.74, 6) is 0. The summed E-state index contributed by atoms with van der Waals surface area (Å²) in [5, 5.41) is 6.75. The number of hydrogen-bond acceptors (Lipinski definition) is 4. The van der Waals surface area contributed by atoms with E-state index < -0.39 is 0 Å². The molecule has 0 spiro atoms. The standard InChI is InChI=1S/C20H22N4/c21-17-8-1-3-10-19(17)23-13-15-6-5-7-16(12-15)14-24-20-11-4-2-9-18(20)22/h1-12,23-24H,13-14,21-22H2. The molecule has 4 nitrogen and oxygen atoms in total. The summed E-state index contributed by atoms with van der Waals surface area (Å²) in [6.07, 6.45) is 0. The maximum atomic E-state index is 5.96. The summed E-state index contributed by atoms with van der Waals surface area (Å²) in [6.45, 7) is 1.46. The van der Waals surface area contributed by atoms with Gasteiger partial charge in [0.25, 0.3) is 0 Å². The van der Waals surface area contributed by atoms with Crippen molar-refractivity contribution in [3.8, 4) is 0 Å². The highest BCUT2D eigenvalue weighted by Gasteiger charge is 2.01. The zero-order valence-corrected chi connectivity index (χ0v) is 13.5. The maximum absolute atomic E-state index is 5.96. The molecule has 3 aromatic carbocycles. The van der Waals surface area contributed by atoms with E-state index in [1.807, 2.05) is 48.5 Å². The molecule has 3 rings (SSSR count). The lowest BCUT2D eigenvalue weighted by Crippen LogP contribution is -2.05. The molecule has 0 aliphatic rings. The van der Waals surface area contributed by atoms with Crippen LogP contribution in [0.15, 0.2) is 72.8 Å². The smallest absolute Gasteiger partial charge is 0.0576 e. The number of nitrogens with two attached hydrogens (primary N) is 2. The fourth-order valence-corrected chi connectivity index (χ4v) is 2.56. The Labute approximate surface area is 142 Å². The van der Waals surface area contributed by atoms with E-state index in [0.29, 0.717) is 0 Å². The van der Waals surface area contributed by atoms with Crippen LogP contribution in [0.1, 0.15) is 11.1 Å². The van der Waals surface area contributed by atoms with Crippen LogP contribution in [-0.4, -0.2) is 0 Å². The summed E-state index contributed by atoms with van der Waals surface area (Å²) >= 11 is 0. The molecule has 0 aromatic heterocycles. The Morgan fingerprint density at radius 1 is 0.583 bits per heavy atom. The molecule has 122 valence electrons. The normalized spacial score (nSPS) is 10.3. The largest absolute Gasteiger partial charge is 0.397 e. The van der Waals surface area contributed by atoms with E-state index in [-0.39, 0.29) is 0 Å². The van der Waals surface area contributed by atoms with Crippen LogP contribution in [0.2, 0.25) is 0 Å². The second kappa shape index (κ2) is 7.42. The van der Waals surface area contributed by atoms with Gasteiger partial charge in [0.1, 0.15) is 0 Å². The number of nitrogen functional groups attached to an aromatic ring is 2. The molecule has 0 bridgehead atoms. The van der Waals surface area contributed by atoms with Crippen LogP contribution < -0.4 is 22.1 Å². The van der Waals surface area contributed by atoms with Crippen molar-refractivity contribution in [1.82, 2.24) is 0 Å². The van der Waals surface area contributed by atoms with Gasteiger partial charge in [0.05, 0.1) is 22.7 Å². The molecule has 6 N–H and O–H groups in total. The van der Waals surface area contributed by atoms with Gasteiger partial charge in [0, 0.05) is 13.1 Å². The third-order valence-electron chi connectivity index (χ3n) is 3.88. The van der Waals surface area contributed by atoms with E-state index in [4.69, 9.17) is 11.5 Å². The highest BCUT2D eigenvalue weighted by atomic mass is 14.9. The highest BCUT2D eigenvalue weighted by molar-refractivity contribution is 5.66. The Hall–Kier alpha value is -3.14. The number of para-hydroxylation sites is 4. The first-order valence-corrected chi connectivity index (χ1v) is 7.97. The summed E-state index contributed by atoms with van der Waals surface area (Å²) in [5.41, 5.74) is 17.8. The lowest BCUT2D eigenvalue weighted by Gasteiger charge is -2.12. The van der Waals surface area contributed by atoms with Gasteiger partial charge in [-0.25, -0.2) is 0 Å². The fourth-order valence-electron chi connectivity index (χ4n) is 2.56. The van der Waals surface area contributed by atoms with E-state index >= 15 is 0 Å².